The van der Waals surface area contributed by atoms with Crippen molar-refractivity contribution in [3.05, 3.63) is 102 Å². The van der Waals surface area contributed by atoms with Crippen molar-refractivity contribution in [2.45, 2.75) is 32.7 Å². The molecule has 154 valence electrons. The molecule has 0 aliphatic carbocycles. The van der Waals surface area contributed by atoms with Gasteiger partial charge in [-0.2, -0.15) is 0 Å². The fraction of sp³-hybridized carbons (Fsp3) is 0.185. The minimum absolute atomic E-state index is 0.0282. The van der Waals surface area contributed by atoms with Crippen LogP contribution in [0.4, 0.5) is 0 Å². The number of nitrogens with zero attached hydrogens (tertiary/aromatic N) is 2. The van der Waals surface area contributed by atoms with Crippen molar-refractivity contribution in [3.63, 3.8) is 0 Å². The van der Waals surface area contributed by atoms with Gasteiger partial charge in [0.05, 0.1) is 5.69 Å². The van der Waals surface area contributed by atoms with Gasteiger partial charge in [-0.25, -0.2) is 0 Å². The number of hydrogen-bond donors (Lipinski definition) is 1. The van der Waals surface area contributed by atoms with E-state index < -0.39 is 0 Å². The molecule has 5 rings (SSSR count). The molecule has 0 atom stereocenters. The Morgan fingerprint density at radius 1 is 1.00 bits per heavy atom. The summed E-state index contributed by atoms with van der Waals surface area (Å²) in [6.45, 7) is 7.22. The number of carbonyl (C=O) groups excluding carboxylic acids is 1. The van der Waals surface area contributed by atoms with Gasteiger partial charge >= 0.3 is 0 Å². The Morgan fingerprint density at radius 2 is 1.87 bits per heavy atom. The molecule has 0 saturated heterocycles. The summed E-state index contributed by atoms with van der Waals surface area (Å²) in [7, 11) is 0. The molecular weight excluding hydrogens is 382 g/mol. The van der Waals surface area contributed by atoms with Crippen LogP contribution in [0.25, 0.3) is 21.8 Å². The first-order valence-corrected chi connectivity index (χ1v) is 10.5. The molecule has 3 heterocycles. The van der Waals surface area contributed by atoms with Gasteiger partial charge in [0.15, 0.2) is 0 Å². The van der Waals surface area contributed by atoms with Crippen molar-refractivity contribution >= 4 is 27.6 Å². The highest BCUT2D eigenvalue weighted by molar-refractivity contribution is 6.12. The van der Waals surface area contributed by atoms with Gasteiger partial charge in [0.25, 0.3) is 0 Å². The largest absolute Gasteiger partial charge is 0.361 e. The molecule has 0 radical (unpaired) electrons. The summed E-state index contributed by atoms with van der Waals surface area (Å²) < 4.78 is 2.11. The van der Waals surface area contributed by atoms with Crippen LogP contribution in [0.1, 0.15) is 48.0 Å². The van der Waals surface area contributed by atoms with Crippen molar-refractivity contribution in [2.24, 2.45) is 0 Å². The molecule has 31 heavy (non-hydrogen) atoms. The van der Waals surface area contributed by atoms with E-state index in [1.807, 2.05) is 54.9 Å². The topological polar surface area (TPSA) is 50.7 Å². The number of aromatic amines is 1. The number of ketones is 1. The molecule has 0 bridgehead atoms. The summed E-state index contributed by atoms with van der Waals surface area (Å²) in [4.78, 5) is 21.1. The second kappa shape index (κ2) is 7.24. The lowest BCUT2D eigenvalue weighted by molar-refractivity contribution is 0.103. The lowest BCUT2D eigenvalue weighted by Crippen LogP contribution is -2.12. The smallest absolute Gasteiger partial charge is 0.209 e. The van der Waals surface area contributed by atoms with Crippen LogP contribution in [-0.2, 0) is 12.0 Å². The highest BCUT2D eigenvalue weighted by Crippen LogP contribution is 2.30. The van der Waals surface area contributed by atoms with Gasteiger partial charge in [0, 0.05) is 52.5 Å². The van der Waals surface area contributed by atoms with Gasteiger partial charge in [-0.1, -0.05) is 32.9 Å². The number of pyridine rings is 1. The van der Waals surface area contributed by atoms with Crippen LogP contribution in [0.3, 0.4) is 0 Å². The normalized spacial score (nSPS) is 12.0. The molecule has 2 aromatic carbocycles. The van der Waals surface area contributed by atoms with Crippen molar-refractivity contribution in [1.29, 1.82) is 0 Å². The first-order valence-electron chi connectivity index (χ1n) is 10.5. The molecule has 3 aromatic heterocycles. The monoisotopic (exact) mass is 407 g/mol. The molecule has 1 N–H and O–H groups in total. The number of aromatic nitrogens is 3. The number of carbonyl (C=O) groups is 1. The van der Waals surface area contributed by atoms with Gasteiger partial charge in [-0.3, -0.25) is 9.78 Å². The maximum atomic E-state index is 13.6. The molecule has 0 aliphatic rings. The summed E-state index contributed by atoms with van der Waals surface area (Å²) >= 11 is 0. The summed E-state index contributed by atoms with van der Waals surface area (Å²) in [5, 5.41) is 2.12. The summed E-state index contributed by atoms with van der Waals surface area (Å²) in [6, 6.07) is 20.3. The fourth-order valence-corrected chi connectivity index (χ4v) is 4.11. The molecule has 0 fully saturated rings. The van der Waals surface area contributed by atoms with E-state index in [4.69, 9.17) is 0 Å². The molecule has 0 saturated carbocycles. The minimum Gasteiger partial charge on any atom is -0.361 e. The minimum atomic E-state index is 0.0282. The van der Waals surface area contributed by atoms with Crippen molar-refractivity contribution in [1.82, 2.24) is 14.5 Å². The van der Waals surface area contributed by atoms with Crippen LogP contribution in [0.15, 0.2) is 79.3 Å². The molecule has 0 unspecified atom stereocenters. The van der Waals surface area contributed by atoms with Crippen LogP contribution >= 0.6 is 0 Å². The van der Waals surface area contributed by atoms with Gasteiger partial charge in [0.2, 0.25) is 5.78 Å². The fourth-order valence-electron chi connectivity index (χ4n) is 4.11. The lowest BCUT2D eigenvalue weighted by Gasteiger charge is -2.19. The van der Waals surface area contributed by atoms with Gasteiger partial charge in [0.1, 0.15) is 0 Å². The summed E-state index contributed by atoms with van der Waals surface area (Å²) in [5.74, 6) is 0.0282. The van der Waals surface area contributed by atoms with E-state index in [0.29, 0.717) is 17.8 Å². The van der Waals surface area contributed by atoms with Crippen molar-refractivity contribution in [3.8, 4) is 0 Å². The van der Waals surface area contributed by atoms with Gasteiger partial charge < -0.3 is 9.55 Å². The average Bonchev–Trinajstić information content (AvgIpc) is 3.37. The van der Waals surface area contributed by atoms with Crippen LogP contribution in [-0.4, -0.2) is 20.3 Å². The third kappa shape index (κ3) is 3.55. The van der Waals surface area contributed by atoms with E-state index in [0.717, 1.165) is 27.4 Å². The van der Waals surface area contributed by atoms with Crippen LogP contribution < -0.4 is 0 Å². The first kappa shape index (κ1) is 19.3. The van der Waals surface area contributed by atoms with E-state index in [9.17, 15) is 4.79 Å². The number of hydrogen-bond acceptors (Lipinski definition) is 2. The number of nitrogens with one attached hydrogen (secondary N) is 1. The third-order valence-electron chi connectivity index (χ3n) is 5.88. The zero-order valence-corrected chi connectivity index (χ0v) is 18.0. The average molecular weight is 408 g/mol. The molecular formula is C27H25N3O. The van der Waals surface area contributed by atoms with E-state index in [-0.39, 0.29) is 11.2 Å². The quantitative estimate of drug-likeness (QED) is 0.366. The highest BCUT2D eigenvalue weighted by atomic mass is 16.1. The van der Waals surface area contributed by atoms with E-state index in [1.165, 1.54) is 5.56 Å². The van der Waals surface area contributed by atoms with Gasteiger partial charge in [-0.05, 0) is 65.1 Å². The predicted molar refractivity (Wildman–Crippen MR) is 126 cm³/mol. The Hall–Kier alpha value is -3.66. The van der Waals surface area contributed by atoms with Crippen molar-refractivity contribution < 1.29 is 4.79 Å². The van der Waals surface area contributed by atoms with Crippen LogP contribution in [0.2, 0.25) is 0 Å². The van der Waals surface area contributed by atoms with Gasteiger partial charge in [-0.15, -0.1) is 0 Å². The standard InChI is InChI=1S/C27H25N3O/c1-27(2,3)22-7-9-24-21(14-22)15-25(30(24)17-18-5-4-11-28-16-18)26(31)20-6-8-23-19(13-20)10-12-29-23/h4-16,29H,17H2,1-3H3. The number of rotatable bonds is 4. The molecule has 4 heteroatoms. The second-order valence-corrected chi connectivity index (χ2v) is 9.11. The SMILES string of the molecule is CC(C)(C)c1ccc2c(c1)cc(C(=O)c1ccc3[nH]ccc3c1)n2Cc1cccnc1. The van der Waals surface area contributed by atoms with E-state index >= 15 is 0 Å². The van der Waals surface area contributed by atoms with Crippen molar-refractivity contribution in [2.75, 3.05) is 0 Å². The zero-order chi connectivity index (χ0) is 21.6. The lowest BCUT2D eigenvalue weighted by atomic mass is 9.86. The maximum absolute atomic E-state index is 13.6. The summed E-state index contributed by atoms with van der Waals surface area (Å²) in [6.07, 6.45) is 5.52. The van der Waals surface area contributed by atoms with E-state index in [1.54, 1.807) is 6.20 Å². The second-order valence-electron chi connectivity index (χ2n) is 9.11. The Balaban J connectivity index is 1.67. The molecule has 0 spiro atoms. The first-order chi connectivity index (χ1) is 14.9. The van der Waals surface area contributed by atoms with Crippen LogP contribution in [0.5, 0.6) is 0 Å². The number of benzene rings is 2. The van der Waals surface area contributed by atoms with E-state index in [2.05, 4.69) is 53.5 Å². The third-order valence-corrected chi connectivity index (χ3v) is 5.88. The molecule has 0 amide bonds. The molecule has 5 aromatic rings. The Labute approximate surface area is 181 Å². The highest BCUT2D eigenvalue weighted by Gasteiger charge is 2.20. The van der Waals surface area contributed by atoms with Crippen LogP contribution in [0, 0.1) is 0 Å². The predicted octanol–water partition coefficient (Wildman–Crippen LogP) is 6.09. The Kier molecular flexibility index (Phi) is 4.51. The summed E-state index contributed by atoms with van der Waals surface area (Å²) in [5.41, 5.74) is 5.84. The Bertz CT molecular complexity index is 1400. The Morgan fingerprint density at radius 3 is 2.65 bits per heavy atom. The zero-order valence-electron chi connectivity index (χ0n) is 18.0. The number of H-pyrrole nitrogens is 1. The molecule has 4 nitrogen and oxygen atoms in total. The number of fused-ring (bicyclic) bond motifs is 2. The maximum Gasteiger partial charge on any atom is 0.209 e. The molecule has 0 aliphatic heterocycles.